The molecule has 0 saturated heterocycles. The maximum absolute atomic E-state index is 6.00. The summed E-state index contributed by atoms with van der Waals surface area (Å²) in [5.74, 6) is 0.942. The topological polar surface area (TPSA) is 35.0 Å². The lowest BCUT2D eigenvalue weighted by atomic mass is 10.2. The van der Waals surface area contributed by atoms with Crippen LogP contribution < -0.4 is 4.74 Å². The molecule has 0 atom stereocenters. The molecule has 0 amide bonds. The maximum atomic E-state index is 6.00. The van der Waals surface area contributed by atoms with E-state index in [1.165, 1.54) is 0 Å². The van der Waals surface area contributed by atoms with Crippen molar-refractivity contribution in [3.63, 3.8) is 0 Å². The van der Waals surface area contributed by atoms with E-state index >= 15 is 0 Å². The molecule has 2 rings (SSSR count). The Hall–Kier alpha value is -1.32. The van der Waals surface area contributed by atoms with Gasteiger partial charge in [-0.3, -0.25) is 0 Å². The molecule has 5 heteroatoms. The first kappa shape index (κ1) is 13.1. The number of rotatable bonds is 2. The summed E-state index contributed by atoms with van der Waals surface area (Å²) in [6, 6.07) is 5.37. The molecule has 0 fully saturated rings. The van der Waals surface area contributed by atoms with Gasteiger partial charge in [-0.15, -0.1) is 0 Å². The third kappa shape index (κ3) is 2.74. The molecule has 0 radical (unpaired) electrons. The normalized spacial score (nSPS) is 10.5. The molecule has 1 heterocycles. The van der Waals surface area contributed by atoms with Crippen molar-refractivity contribution >= 4 is 23.2 Å². The van der Waals surface area contributed by atoms with Gasteiger partial charge in [0.2, 0.25) is 0 Å². The van der Waals surface area contributed by atoms with Gasteiger partial charge in [0.1, 0.15) is 5.75 Å². The molecule has 0 bridgehead atoms. The number of halogens is 2. The highest BCUT2D eigenvalue weighted by molar-refractivity contribution is 6.31. The van der Waals surface area contributed by atoms with Crippen molar-refractivity contribution in [3.05, 3.63) is 45.3 Å². The van der Waals surface area contributed by atoms with Gasteiger partial charge < -0.3 is 4.74 Å². The molecule has 0 N–H and O–H groups in total. The van der Waals surface area contributed by atoms with Crippen LogP contribution in [0, 0.1) is 20.8 Å². The summed E-state index contributed by atoms with van der Waals surface area (Å²) in [6.45, 7) is 5.62. The zero-order valence-electron chi connectivity index (χ0n) is 10.3. The third-order valence-electron chi connectivity index (χ3n) is 2.58. The van der Waals surface area contributed by atoms with Gasteiger partial charge in [0.05, 0.1) is 11.4 Å². The monoisotopic (exact) mass is 282 g/mol. The van der Waals surface area contributed by atoms with E-state index in [-0.39, 0.29) is 5.15 Å². The summed E-state index contributed by atoms with van der Waals surface area (Å²) in [5.41, 5.74) is 2.52. The van der Waals surface area contributed by atoms with Crippen LogP contribution in [-0.2, 0) is 0 Å². The van der Waals surface area contributed by atoms with Crippen LogP contribution in [0.3, 0.4) is 0 Å². The molecule has 0 spiro atoms. The fourth-order valence-corrected chi connectivity index (χ4v) is 1.74. The van der Waals surface area contributed by atoms with Crippen molar-refractivity contribution in [1.29, 1.82) is 0 Å². The minimum atomic E-state index is 0.255. The van der Waals surface area contributed by atoms with E-state index in [1.54, 1.807) is 12.1 Å². The molecule has 1 aromatic heterocycles. The Bertz CT molecular complexity index is 600. The van der Waals surface area contributed by atoms with E-state index in [2.05, 4.69) is 9.97 Å². The van der Waals surface area contributed by atoms with Crippen molar-refractivity contribution in [1.82, 2.24) is 9.97 Å². The smallest absolute Gasteiger partial charge is 0.257 e. The van der Waals surface area contributed by atoms with Gasteiger partial charge in [0.15, 0.2) is 5.15 Å². The molecule has 0 aliphatic carbocycles. The summed E-state index contributed by atoms with van der Waals surface area (Å²) < 4.78 is 5.62. The standard InChI is InChI=1S/C13H12Cl2N2O/c1-7-6-10(4-5-11(7)14)18-13-12(15)16-8(2)9(3)17-13/h4-6H,1-3H3. The zero-order valence-corrected chi connectivity index (χ0v) is 11.8. The number of nitrogens with zero attached hydrogens (tertiary/aromatic N) is 2. The number of ether oxygens (including phenoxy) is 1. The van der Waals surface area contributed by atoms with Crippen LogP contribution in [0.15, 0.2) is 18.2 Å². The molecule has 2 aromatic rings. The van der Waals surface area contributed by atoms with E-state index in [1.807, 2.05) is 26.8 Å². The zero-order chi connectivity index (χ0) is 13.3. The summed E-state index contributed by atoms with van der Waals surface area (Å²) in [4.78, 5) is 8.43. The number of aromatic nitrogens is 2. The van der Waals surface area contributed by atoms with Crippen molar-refractivity contribution in [3.8, 4) is 11.6 Å². The molecule has 1 aromatic carbocycles. The van der Waals surface area contributed by atoms with Gasteiger partial charge in [0, 0.05) is 5.02 Å². The fraction of sp³-hybridized carbons (Fsp3) is 0.231. The van der Waals surface area contributed by atoms with Gasteiger partial charge in [-0.2, -0.15) is 0 Å². The van der Waals surface area contributed by atoms with Crippen LogP contribution >= 0.6 is 23.2 Å². The SMILES string of the molecule is Cc1cc(Oc2nc(C)c(C)nc2Cl)ccc1Cl. The first-order valence-corrected chi connectivity index (χ1v) is 6.17. The van der Waals surface area contributed by atoms with Crippen LogP contribution in [0.25, 0.3) is 0 Å². The molecular weight excluding hydrogens is 271 g/mol. The first-order chi connectivity index (χ1) is 8.47. The number of hydrogen-bond donors (Lipinski definition) is 0. The van der Waals surface area contributed by atoms with E-state index in [9.17, 15) is 0 Å². The largest absolute Gasteiger partial charge is 0.436 e. The minimum Gasteiger partial charge on any atom is -0.436 e. The molecule has 94 valence electrons. The second-order valence-electron chi connectivity index (χ2n) is 4.00. The van der Waals surface area contributed by atoms with E-state index < -0.39 is 0 Å². The number of hydrogen-bond acceptors (Lipinski definition) is 3. The summed E-state index contributed by atoms with van der Waals surface area (Å²) in [6.07, 6.45) is 0. The van der Waals surface area contributed by atoms with Crippen molar-refractivity contribution < 1.29 is 4.74 Å². The van der Waals surface area contributed by atoms with E-state index in [0.29, 0.717) is 16.7 Å². The van der Waals surface area contributed by atoms with Gasteiger partial charge in [-0.05, 0) is 44.5 Å². The van der Waals surface area contributed by atoms with Crippen LogP contribution in [-0.4, -0.2) is 9.97 Å². The third-order valence-corrected chi connectivity index (χ3v) is 3.25. The summed E-state index contributed by atoms with van der Waals surface area (Å²) in [5, 5.41) is 0.949. The number of aryl methyl sites for hydroxylation is 3. The maximum Gasteiger partial charge on any atom is 0.257 e. The lowest BCUT2D eigenvalue weighted by Crippen LogP contribution is -1.97. The molecule has 0 saturated carbocycles. The lowest BCUT2D eigenvalue weighted by Gasteiger charge is -2.09. The van der Waals surface area contributed by atoms with Gasteiger partial charge in [-0.1, -0.05) is 23.2 Å². The highest BCUT2D eigenvalue weighted by atomic mass is 35.5. The Balaban J connectivity index is 2.34. The predicted molar refractivity (Wildman–Crippen MR) is 72.8 cm³/mol. The van der Waals surface area contributed by atoms with Gasteiger partial charge in [-0.25, -0.2) is 9.97 Å². The quantitative estimate of drug-likeness (QED) is 0.813. The van der Waals surface area contributed by atoms with Crippen molar-refractivity contribution in [2.24, 2.45) is 0 Å². The highest BCUT2D eigenvalue weighted by Crippen LogP contribution is 2.29. The number of benzene rings is 1. The molecular formula is C13H12Cl2N2O. The molecule has 0 unspecified atom stereocenters. The molecule has 0 aliphatic rings. The minimum absolute atomic E-state index is 0.255. The van der Waals surface area contributed by atoms with Gasteiger partial charge in [0.25, 0.3) is 5.88 Å². The molecule has 18 heavy (non-hydrogen) atoms. The van der Waals surface area contributed by atoms with Crippen LogP contribution in [0.4, 0.5) is 0 Å². The average molecular weight is 283 g/mol. The Morgan fingerprint density at radius 2 is 1.67 bits per heavy atom. The van der Waals surface area contributed by atoms with Gasteiger partial charge >= 0.3 is 0 Å². The second-order valence-corrected chi connectivity index (χ2v) is 4.77. The van der Waals surface area contributed by atoms with E-state index in [4.69, 9.17) is 27.9 Å². The van der Waals surface area contributed by atoms with Crippen molar-refractivity contribution in [2.45, 2.75) is 20.8 Å². The lowest BCUT2D eigenvalue weighted by molar-refractivity contribution is 0.458. The van der Waals surface area contributed by atoms with E-state index in [0.717, 1.165) is 17.0 Å². The Labute approximate surface area is 116 Å². The molecule has 0 aliphatic heterocycles. The van der Waals surface area contributed by atoms with Crippen LogP contribution in [0.5, 0.6) is 11.6 Å². The molecule has 3 nitrogen and oxygen atoms in total. The second kappa shape index (κ2) is 5.12. The Morgan fingerprint density at radius 1 is 1.00 bits per heavy atom. The first-order valence-electron chi connectivity index (χ1n) is 5.42. The average Bonchev–Trinajstić information content (AvgIpc) is 2.31. The van der Waals surface area contributed by atoms with Crippen LogP contribution in [0.1, 0.15) is 17.0 Å². The highest BCUT2D eigenvalue weighted by Gasteiger charge is 2.10. The predicted octanol–water partition coefficient (Wildman–Crippen LogP) is 4.50. The Morgan fingerprint density at radius 3 is 2.33 bits per heavy atom. The summed E-state index contributed by atoms with van der Waals surface area (Å²) >= 11 is 11.9. The Kier molecular flexibility index (Phi) is 3.73. The van der Waals surface area contributed by atoms with Crippen molar-refractivity contribution in [2.75, 3.05) is 0 Å². The van der Waals surface area contributed by atoms with Crippen LogP contribution in [0.2, 0.25) is 10.2 Å². The summed E-state index contributed by atoms with van der Waals surface area (Å²) in [7, 11) is 0. The fourth-order valence-electron chi connectivity index (χ4n) is 1.41.